The lowest BCUT2D eigenvalue weighted by Gasteiger charge is -2.09. The molecule has 1 N–H and O–H groups in total. The summed E-state index contributed by atoms with van der Waals surface area (Å²) in [6.07, 6.45) is 3.26. The van der Waals surface area contributed by atoms with E-state index in [1.165, 1.54) is 11.3 Å². The zero-order valence-corrected chi connectivity index (χ0v) is 14.8. The molecule has 0 unspecified atom stereocenters. The van der Waals surface area contributed by atoms with Crippen LogP contribution in [0.2, 0.25) is 0 Å². The van der Waals surface area contributed by atoms with E-state index in [1.54, 1.807) is 19.4 Å². The van der Waals surface area contributed by atoms with Crippen LogP contribution in [0.25, 0.3) is 16.5 Å². The van der Waals surface area contributed by atoms with Crippen LogP contribution in [-0.4, -0.2) is 18.0 Å². The molecule has 24 heavy (non-hydrogen) atoms. The van der Waals surface area contributed by atoms with Crippen molar-refractivity contribution in [3.05, 3.63) is 46.7 Å². The maximum absolute atomic E-state index is 12.2. The van der Waals surface area contributed by atoms with Crippen molar-refractivity contribution >= 4 is 38.9 Å². The molecule has 0 spiro atoms. The van der Waals surface area contributed by atoms with Crippen molar-refractivity contribution in [1.82, 2.24) is 4.98 Å². The fourth-order valence-corrected chi connectivity index (χ4v) is 3.18. The summed E-state index contributed by atoms with van der Waals surface area (Å²) in [6.45, 7) is 5.75. The number of rotatable bonds is 4. The van der Waals surface area contributed by atoms with Gasteiger partial charge in [0.25, 0.3) is 0 Å². The molecule has 0 bridgehead atoms. The SMILES string of the molecule is COc1cc2occ(C)c2cc1/C(C)=C/C(=O)Nc1nc(C)cs1. The van der Waals surface area contributed by atoms with Gasteiger partial charge in [-0.05, 0) is 38.0 Å². The number of hydrogen-bond acceptors (Lipinski definition) is 5. The highest BCUT2D eigenvalue weighted by Gasteiger charge is 2.12. The molecule has 6 heteroatoms. The predicted molar refractivity (Wildman–Crippen MR) is 96.6 cm³/mol. The van der Waals surface area contributed by atoms with Gasteiger partial charge in [-0.15, -0.1) is 11.3 Å². The fraction of sp³-hybridized carbons (Fsp3) is 0.222. The molecule has 0 aliphatic rings. The minimum absolute atomic E-state index is 0.215. The summed E-state index contributed by atoms with van der Waals surface area (Å²) in [5.74, 6) is 0.455. The van der Waals surface area contributed by atoms with Crippen LogP contribution in [0.1, 0.15) is 23.7 Å². The smallest absolute Gasteiger partial charge is 0.250 e. The Hall–Kier alpha value is -2.60. The zero-order valence-electron chi connectivity index (χ0n) is 14.0. The number of anilines is 1. The third kappa shape index (κ3) is 3.19. The van der Waals surface area contributed by atoms with Gasteiger partial charge < -0.3 is 9.15 Å². The van der Waals surface area contributed by atoms with Crippen molar-refractivity contribution < 1.29 is 13.9 Å². The number of carbonyl (C=O) groups is 1. The molecule has 0 saturated carbocycles. The average molecular weight is 342 g/mol. The third-order valence-corrected chi connectivity index (χ3v) is 4.59. The predicted octanol–water partition coefficient (Wildman–Crippen LogP) is 4.56. The minimum Gasteiger partial charge on any atom is -0.496 e. The zero-order chi connectivity index (χ0) is 17.3. The molecule has 0 aliphatic carbocycles. The molecule has 0 atom stereocenters. The highest BCUT2D eigenvalue weighted by Crippen LogP contribution is 2.33. The van der Waals surface area contributed by atoms with Crippen LogP contribution in [0.3, 0.4) is 0 Å². The Morgan fingerprint density at radius 1 is 1.38 bits per heavy atom. The number of aryl methyl sites for hydroxylation is 2. The maximum atomic E-state index is 12.2. The van der Waals surface area contributed by atoms with Gasteiger partial charge in [0, 0.05) is 28.5 Å². The Bertz CT molecular complexity index is 937. The van der Waals surface area contributed by atoms with Gasteiger partial charge in [-0.2, -0.15) is 0 Å². The van der Waals surface area contributed by atoms with Gasteiger partial charge in [-0.25, -0.2) is 4.98 Å². The van der Waals surface area contributed by atoms with E-state index < -0.39 is 0 Å². The first-order valence-corrected chi connectivity index (χ1v) is 8.33. The van der Waals surface area contributed by atoms with Crippen molar-refractivity contribution in [2.45, 2.75) is 20.8 Å². The topological polar surface area (TPSA) is 64.4 Å². The van der Waals surface area contributed by atoms with Crippen LogP contribution < -0.4 is 10.1 Å². The number of fused-ring (bicyclic) bond motifs is 1. The summed E-state index contributed by atoms with van der Waals surface area (Å²) >= 11 is 1.40. The van der Waals surface area contributed by atoms with Crippen LogP contribution in [0, 0.1) is 13.8 Å². The second-order valence-electron chi connectivity index (χ2n) is 5.58. The van der Waals surface area contributed by atoms with E-state index in [-0.39, 0.29) is 5.91 Å². The van der Waals surface area contributed by atoms with Gasteiger partial charge >= 0.3 is 0 Å². The number of allylic oxidation sites excluding steroid dienone is 1. The van der Waals surface area contributed by atoms with E-state index in [2.05, 4.69) is 10.3 Å². The lowest BCUT2D eigenvalue weighted by molar-refractivity contribution is -0.111. The summed E-state index contributed by atoms with van der Waals surface area (Å²) in [4.78, 5) is 16.4. The number of aromatic nitrogens is 1. The summed E-state index contributed by atoms with van der Waals surface area (Å²) < 4.78 is 10.9. The Balaban J connectivity index is 1.92. The number of amides is 1. The number of ether oxygens (including phenoxy) is 1. The molecular weight excluding hydrogens is 324 g/mol. The molecular formula is C18H18N2O3S. The van der Waals surface area contributed by atoms with E-state index in [0.29, 0.717) is 10.9 Å². The van der Waals surface area contributed by atoms with Crippen LogP contribution in [0.5, 0.6) is 5.75 Å². The third-order valence-electron chi connectivity index (χ3n) is 3.71. The number of furan rings is 1. The molecule has 124 valence electrons. The van der Waals surface area contributed by atoms with Gasteiger partial charge in [0.1, 0.15) is 11.3 Å². The second kappa shape index (κ2) is 6.49. The maximum Gasteiger partial charge on any atom is 0.250 e. The monoisotopic (exact) mass is 342 g/mol. The van der Waals surface area contributed by atoms with Gasteiger partial charge in [-0.3, -0.25) is 10.1 Å². The Morgan fingerprint density at radius 3 is 2.83 bits per heavy atom. The molecule has 1 amide bonds. The molecule has 5 nitrogen and oxygen atoms in total. The van der Waals surface area contributed by atoms with Crippen molar-refractivity contribution in [3.63, 3.8) is 0 Å². The van der Waals surface area contributed by atoms with E-state index in [4.69, 9.17) is 9.15 Å². The first kappa shape index (κ1) is 16.3. The number of nitrogens with one attached hydrogen (secondary N) is 1. The molecule has 0 radical (unpaired) electrons. The number of nitrogens with zero attached hydrogens (tertiary/aromatic N) is 1. The van der Waals surface area contributed by atoms with Gasteiger partial charge in [0.05, 0.1) is 19.1 Å². The highest BCUT2D eigenvalue weighted by molar-refractivity contribution is 7.13. The first-order chi connectivity index (χ1) is 11.5. The quantitative estimate of drug-likeness (QED) is 0.706. The normalized spacial score (nSPS) is 11.8. The van der Waals surface area contributed by atoms with Gasteiger partial charge in [-0.1, -0.05) is 0 Å². The Labute approximate surface area is 144 Å². The molecule has 1 aromatic carbocycles. The fourth-order valence-electron chi connectivity index (χ4n) is 2.49. The molecule has 0 aliphatic heterocycles. The molecule has 2 aromatic heterocycles. The molecule has 3 rings (SSSR count). The van der Waals surface area contributed by atoms with Crippen LogP contribution in [0.4, 0.5) is 5.13 Å². The lowest BCUT2D eigenvalue weighted by atomic mass is 10.0. The number of methoxy groups -OCH3 is 1. The number of thiazole rings is 1. The molecule has 2 heterocycles. The molecule has 3 aromatic rings. The van der Waals surface area contributed by atoms with E-state index >= 15 is 0 Å². The van der Waals surface area contributed by atoms with E-state index in [0.717, 1.165) is 33.4 Å². The van der Waals surface area contributed by atoms with Crippen molar-refractivity contribution in [2.24, 2.45) is 0 Å². The van der Waals surface area contributed by atoms with Crippen molar-refractivity contribution in [2.75, 3.05) is 12.4 Å². The van der Waals surface area contributed by atoms with Crippen LogP contribution >= 0.6 is 11.3 Å². The van der Waals surface area contributed by atoms with Crippen molar-refractivity contribution in [1.29, 1.82) is 0 Å². The largest absolute Gasteiger partial charge is 0.496 e. The number of hydrogen-bond donors (Lipinski definition) is 1. The Kier molecular flexibility index (Phi) is 4.40. The van der Waals surface area contributed by atoms with E-state index in [1.807, 2.05) is 38.3 Å². The summed E-state index contributed by atoms with van der Waals surface area (Å²) in [7, 11) is 1.60. The van der Waals surface area contributed by atoms with Crippen LogP contribution in [-0.2, 0) is 4.79 Å². The second-order valence-corrected chi connectivity index (χ2v) is 6.44. The van der Waals surface area contributed by atoms with E-state index in [9.17, 15) is 4.79 Å². The first-order valence-electron chi connectivity index (χ1n) is 7.45. The molecule has 0 saturated heterocycles. The van der Waals surface area contributed by atoms with Crippen LogP contribution in [0.15, 0.2) is 34.3 Å². The summed E-state index contributed by atoms with van der Waals surface area (Å²) in [5, 5.41) is 6.27. The Morgan fingerprint density at radius 2 is 2.17 bits per heavy atom. The highest BCUT2D eigenvalue weighted by atomic mass is 32.1. The standard InChI is InChI=1S/C18H18N2O3S/c1-10(5-17(21)20-18-19-12(3)9-24-18)13-6-14-11(2)8-23-16(14)7-15(13)22-4/h5-9H,1-4H3,(H,19,20,21)/b10-5+. The van der Waals surface area contributed by atoms with Gasteiger partial charge in [0.15, 0.2) is 5.13 Å². The lowest BCUT2D eigenvalue weighted by Crippen LogP contribution is -2.08. The number of carbonyl (C=O) groups excluding carboxylic acids is 1. The average Bonchev–Trinajstić information content (AvgIpc) is 3.11. The van der Waals surface area contributed by atoms with Gasteiger partial charge in [0.2, 0.25) is 5.91 Å². The summed E-state index contributed by atoms with van der Waals surface area (Å²) in [6, 6.07) is 3.83. The minimum atomic E-state index is -0.215. The number of benzene rings is 1. The molecule has 0 fully saturated rings. The van der Waals surface area contributed by atoms with Crippen molar-refractivity contribution in [3.8, 4) is 5.75 Å². The summed E-state index contributed by atoms with van der Waals surface area (Å²) in [5.41, 5.74) is 4.37.